The monoisotopic (exact) mass is 425 g/mol. The van der Waals surface area contributed by atoms with Gasteiger partial charge in [-0.2, -0.15) is 13.2 Å². The van der Waals surface area contributed by atoms with Gasteiger partial charge in [0, 0.05) is 28.9 Å². The zero-order valence-electron chi connectivity index (χ0n) is 15.9. The Morgan fingerprint density at radius 1 is 1.16 bits per heavy atom. The molecular formula is C21H14F3N5O2. The van der Waals surface area contributed by atoms with E-state index in [9.17, 15) is 22.8 Å². The third kappa shape index (κ3) is 2.46. The number of carbonyl (C=O) groups excluding carboxylic acids is 1. The number of aromatic amines is 1. The van der Waals surface area contributed by atoms with Gasteiger partial charge >= 0.3 is 17.9 Å². The minimum Gasteiger partial charge on any atom is -0.310 e. The highest BCUT2D eigenvalue weighted by molar-refractivity contribution is 5.98. The number of aromatic nitrogens is 3. The Kier molecular flexibility index (Phi) is 3.32. The lowest BCUT2D eigenvalue weighted by molar-refractivity contribution is -0.178. The molecule has 2 amide bonds. The van der Waals surface area contributed by atoms with E-state index in [0.717, 1.165) is 12.8 Å². The van der Waals surface area contributed by atoms with Gasteiger partial charge < -0.3 is 15.6 Å². The van der Waals surface area contributed by atoms with Gasteiger partial charge in [-0.15, -0.1) is 0 Å². The molecule has 31 heavy (non-hydrogen) atoms. The average molecular weight is 425 g/mol. The van der Waals surface area contributed by atoms with Gasteiger partial charge in [0.1, 0.15) is 0 Å². The van der Waals surface area contributed by atoms with E-state index in [2.05, 4.69) is 27.1 Å². The zero-order valence-corrected chi connectivity index (χ0v) is 15.9. The Balaban J connectivity index is 1.65. The van der Waals surface area contributed by atoms with Crippen LogP contribution in [0.25, 0.3) is 22.2 Å². The van der Waals surface area contributed by atoms with Gasteiger partial charge in [0.25, 0.3) is 0 Å². The summed E-state index contributed by atoms with van der Waals surface area (Å²) >= 11 is 0. The molecule has 3 N–H and O–H groups in total. The van der Waals surface area contributed by atoms with Gasteiger partial charge in [0.15, 0.2) is 0 Å². The highest BCUT2D eigenvalue weighted by atomic mass is 19.4. The summed E-state index contributed by atoms with van der Waals surface area (Å²) in [6, 6.07) is 1.92. The Bertz CT molecular complexity index is 1420. The fourth-order valence-corrected chi connectivity index (χ4v) is 4.30. The number of H-pyrrole nitrogens is 1. The molecule has 0 radical (unpaired) electrons. The lowest BCUT2D eigenvalue weighted by atomic mass is 9.82. The number of carbonyl (C=O) groups is 1. The van der Waals surface area contributed by atoms with Gasteiger partial charge in [-0.25, -0.2) is 9.59 Å². The van der Waals surface area contributed by atoms with Crippen LogP contribution in [0.5, 0.6) is 0 Å². The molecule has 2 aliphatic heterocycles. The number of fused-ring (bicyclic) bond motifs is 3. The Labute approximate surface area is 172 Å². The first-order chi connectivity index (χ1) is 14.8. The molecule has 0 saturated heterocycles. The van der Waals surface area contributed by atoms with E-state index in [1.807, 2.05) is 5.32 Å². The maximum absolute atomic E-state index is 14.4. The molecule has 2 aromatic heterocycles. The van der Waals surface area contributed by atoms with Crippen molar-refractivity contribution in [2.45, 2.75) is 31.1 Å². The molecule has 3 aliphatic rings. The normalized spacial score (nSPS) is 21.5. The molecule has 4 heterocycles. The molecule has 0 unspecified atom stereocenters. The van der Waals surface area contributed by atoms with Crippen LogP contribution in [0.3, 0.4) is 0 Å². The highest BCUT2D eigenvalue weighted by Gasteiger charge is 2.59. The largest absolute Gasteiger partial charge is 0.427 e. The van der Waals surface area contributed by atoms with E-state index in [1.54, 1.807) is 0 Å². The van der Waals surface area contributed by atoms with Crippen molar-refractivity contribution in [3.63, 3.8) is 0 Å². The van der Waals surface area contributed by atoms with Gasteiger partial charge in [-0.05, 0) is 36.1 Å². The van der Waals surface area contributed by atoms with E-state index in [0.29, 0.717) is 27.7 Å². The van der Waals surface area contributed by atoms with Gasteiger partial charge in [-0.1, -0.05) is 11.8 Å². The summed E-state index contributed by atoms with van der Waals surface area (Å²) in [5.41, 5.74) is -0.534. The third-order valence-electron chi connectivity index (χ3n) is 5.96. The number of nitrogens with one attached hydrogen (secondary N) is 3. The molecule has 3 aromatic rings. The Hall–Kier alpha value is -3.74. The molecule has 7 nitrogen and oxygen atoms in total. The summed E-state index contributed by atoms with van der Waals surface area (Å²) in [6.45, 7) is 0.161. The lowest BCUT2D eigenvalue weighted by Gasteiger charge is -2.38. The molecule has 1 aliphatic carbocycles. The maximum atomic E-state index is 14.4. The summed E-state index contributed by atoms with van der Waals surface area (Å²) < 4.78 is 44.8. The van der Waals surface area contributed by atoms with Crippen molar-refractivity contribution in [3.05, 3.63) is 46.1 Å². The van der Waals surface area contributed by atoms with Gasteiger partial charge in [0.2, 0.25) is 5.54 Å². The smallest absolute Gasteiger partial charge is 0.310 e. The second-order valence-corrected chi connectivity index (χ2v) is 8.02. The molecule has 1 fully saturated rings. The quantitative estimate of drug-likeness (QED) is 0.378. The van der Waals surface area contributed by atoms with Crippen molar-refractivity contribution in [3.8, 4) is 23.0 Å². The number of hydrogen-bond donors (Lipinski definition) is 3. The summed E-state index contributed by atoms with van der Waals surface area (Å²) in [7, 11) is 0. The number of nitrogens with zero attached hydrogens (tertiary/aromatic N) is 2. The average Bonchev–Trinajstić information content (AvgIpc) is 3.48. The van der Waals surface area contributed by atoms with Crippen LogP contribution in [0.4, 0.5) is 23.7 Å². The second-order valence-electron chi connectivity index (χ2n) is 8.02. The molecule has 0 spiro atoms. The van der Waals surface area contributed by atoms with Crippen LogP contribution >= 0.6 is 0 Å². The summed E-state index contributed by atoms with van der Waals surface area (Å²) in [4.78, 5) is 31.4. The first kappa shape index (κ1) is 18.1. The van der Waals surface area contributed by atoms with Crippen molar-refractivity contribution < 1.29 is 18.0 Å². The molecule has 6 rings (SSSR count). The van der Waals surface area contributed by atoms with Crippen molar-refractivity contribution >= 4 is 22.8 Å². The topological polar surface area (TPSA) is 91.8 Å². The second kappa shape index (κ2) is 5.69. The van der Waals surface area contributed by atoms with Crippen molar-refractivity contribution in [1.82, 2.24) is 19.9 Å². The zero-order chi connectivity index (χ0) is 21.5. The molecule has 156 valence electrons. The van der Waals surface area contributed by atoms with Gasteiger partial charge in [0.05, 0.1) is 23.8 Å². The molecule has 1 aromatic carbocycles. The van der Waals surface area contributed by atoms with E-state index in [4.69, 9.17) is 0 Å². The van der Waals surface area contributed by atoms with E-state index in [1.165, 1.54) is 29.1 Å². The SMILES string of the molecule is O=C1Nc2cc3c(cc2[C@@](C#CC2CC2)(C(F)(F)F)N1)-c1cncc2[nH]c(=O)n(c12)C3. The lowest BCUT2D eigenvalue weighted by Crippen LogP contribution is -2.59. The molecule has 1 atom stereocenters. The van der Waals surface area contributed by atoms with Crippen molar-refractivity contribution in [1.29, 1.82) is 0 Å². The third-order valence-corrected chi connectivity index (χ3v) is 5.96. The van der Waals surface area contributed by atoms with E-state index < -0.39 is 17.7 Å². The fourth-order valence-electron chi connectivity index (χ4n) is 4.30. The molecular weight excluding hydrogens is 411 g/mol. The molecule has 1 saturated carbocycles. The molecule has 0 bridgehead atoms. The van der Waals surface area contributed by atoms with Crippen LogP contribution in [0.15, 0.2) is 29.3 Å². The standard InChI is InChI=1S/C21H14F3N5O2/c22-21(23,24)20(4-3-10-1-2-10)14-6-12-11(5-15(14)26-18(30)28-20)9-29-17-13(12)7-25-8-16(17)27-19(29)31/h5-8,10H,1-2,9H2,(H,27,31)(H2,26,28,30)/t20-/m0/s1. The number of benzene rings is 1. The Morgan fingerprint density at radius 2 is 1.97 bits per heavy atom. The summed E-state index contributed by atoms with van der Waals surface area (Å²) in [5, 5.41) is 4.51. The van der Waals surface area contributed by atoms with Crippen LogP contribution in [0.2, 0.25) is 0 Å². The maximum Gasteiger partial charge on any atom is 0.427 e. The fraction of sp³-hybridized carbons (Fsp3) is 0.286. The van der Waals surface area contributed by atoms with E-state index >= 15 is 0 Å². The number of halogens is 3. The minimum absolute atomic E-state index is 0.0251. The number of imidazole rings is 1. The van der Waals surface area contributed by atoms with Gasteiger partial charge in [-0.3, -0.25) is 9.55 Å². The number of anilines is 1. The number of hydrogen-bond acceptors (Lipinski definition) is 3. The number of alkyl halides is 3. The number of amides is 2. The summed E-state index contributed by atoms with van der Waals surface area (Å²) in [6.07, 6.45) is -0.310. The van der Waals surface area contributed by atoms with Crippen LogP contribution in [-0.2, 0) is 12.1 Å². The number of pyridine rings is 1. The van der Waals surface area contributed by atoms with Crippen molar-refractivity contribution in [2.24, 2.45) is 5.92 Å². The number of rotatable bonds is 0. The summed E-state index contributed by atoms with van der Waals surface area (Å²) in [5.74, 6) is 4.95. The van der Waals surface area contributed by atoms with Crippen LogP contribution in [-0.4, -0.2) is 26.7 Å². The first-order valence-electron chi connectivity index (χ1n) is 9.70. The number of urea groups is 1. The Morgan fingerprint density at radius 3 is 2.71 bits per heavy atom. The predicted molar refractivity (Wildman–Crippen MR) is 105 cm³/mol. The molecule has 10 heteroatoms. The predicted octanol–water partition coefficient (Wildman–Crippen LogP) is 3.06. The minimum atomic E-state index is -4.84. The van der Waals surface area contributed by atoms with Crippen LogP contribution < -0.4 is 16.3 Å². The van der Waals surface area contributed by atoms with E-state index in [-0.39, 0.29) is 29.4 Å². The van der Waals surface area contributed by atoms with Crippen LogP contribution in [0.1, 0.15) is 24.0 Å². The highest BCUT2D eigenvalue weighted by Crippen LogP contribution is 2.47. The van der Waals surface area contributed by atoms with Crippen LogP contribution in [0, 0.1) is 17.8 Å². The van der Waals surface area contributed by atoms with Crippen molar-refractivity contribution in [2.75, 3.05) is 5.32 Å². The first-order valence-corrected chi connectivity index (χ1v) is 9.70.